The molecule has 0 fully saturated rings. The molecular formula is C25H25NO4S. The zero-order valence-corrected chi connectivity index (χ0v) is 18.9. The van der Waals surface area contributed by atoms with E-state index in [2.05, 4.69) is 27.5 Å². The second kappa shape index (κ2) is 11.0. The van der Waals surface area contributed by atoms with Gasteiger partial charge in [0.2, 0.25) is 0 Å². The summed E-state index contributed by atoms with van der Waals surface area (Å²) < 4.78 is 27.6. The summed E-state index contributed by atoms with van der Waals surface area (Å²) in [6, 6.07) is 14.2. The molecule has 0 aliphatic carbocycles. The first-order valence-corrected chi connectivity index (χ1v) is 11.3. The highest BCUT2D eigenvalue weighted by Crippen LogP contribution is 2.24. The Labute approximate surface area is 184 Å². The summed E-state index contributed by atoms with van der Waals surface area (Å²) in [7, 11) is 0.226. The van der Waals surface area contributed by atoms with Gasteiger partial charge in [-0.2, -0.15) is 4.36 Å². The molecule has 2 aromatic carbocycles. The normalized spacial score (nSPS) is 13.3. The fourth-order valence-corrected chi connectivity index (χ4v) is 3.75. The maximum absolute atomic E-state index is 13.2. The number of esters is 1. The molecule has 0 radical (unpaired) electrons. The number of ether oxygens (including phenoxy) is 2. The van der Waals surface area contributed by atoms with Crippen LogP contribution in [0.1, 0.15) is 12.5 Å². The second-order valence-electron chi connectivity index (χ2n) is 6.50. The summed E-state index contributed by atoms with van der Waals surface area (Å²) in [6.07, 6.45) is 6.49. The van der Waals surface area contributed by atoms with E-state index in [-0.39, 0.29) is 0 Å². The van der Waals surface area contributed by atoms with Gasteiger partial charge in [-0.05, 0) is 49.4 Å². The summed E-state index contributed by atoms with van der Waals surface area (Å²) >= 11 is 0. The highest BCUT2D eigenvalue weighted by atomic mass is 32.2. The molecule has 0 saturated heterocycles. The Morgan fingerprint density at radius 3 is 2.39 bits per heavy atom. The molecule has 2 rings (SSSR count). The van der Waals surface area contributed by atoms with Crippen LogP contribution in [-0.2, 0) is 19.3 Å². The van der Waals surface area contributed by atoms with Gasteiger partial charge in [0.05, 0.1) is 35.2 Å². The number of rotatable bonds is 6. The molecule has 1 atom stereocenters. The molecule has 0 amide bonds. The SMILES string of the molecule is C=C/C(C#Cc1ccccc1N=S(C)(=O)c1ccc(OC)cc1)=C\C=C(/C)C(=O)OC. The number of methoxy groups -OCH3 is 2. The molecule has 0 aliphatic rings. The topological polar surface area (TPSA) is 65.0 Å². The Morgan fingerprint density at radius 2 is 1.77 bits per heavy atom. The van der Waals surface area contributed by atoms with Crippen molar-refractivity contribution in [2.75, 3.05) is 20.5 Å². The van der Waals surface area contributed by atoms with Crippen molar-refractivity contribution in [2.24, 2.45) is 4.36 Å². The minimum absolute atomic E-state index is 0.409. The van der Waals surface area contributed by atoms with Gasteiger partial charge < -0.3 is 9.47 Å². The van der Waals surface area contributed by atoms with Crippen LogP contribution in [0.4, 0.5) is 5.69 Å². The molecule has 0 aromatic heterocycles. The van der Waals surface area contributed by atoms with Gasteiger partial charge in [-0.15, -0.1) is 0 Å². The monoisotopic (exact) mass is 435 g/mol. The number of benzene rings is 2. The zero-order valence-electron chi connectivity index (χ0n) is 18.0. The van der Waals surface area contributed by atoms with Gasteiger partial charge in [-0.1, -0.05) is 42.7 Å². The van der Waals surface area contributed by atoms with E-state index in [1.165, 1.54) is 7.11 Å². The van der Waals surface area contributed by atoms with E-state index in [1.807, 2.05) is 18.2 Å². The first kappa shape index (κ1) is 23.7. The van der Waals surface area contributed by atoms with Crippen LogP contribution in [0, 0.1) is 11.8 Å². The van der Waals surface area contributed by atoms with Crippen LogP contribution >= 0.6 is 0 Å². The Hall–Kier alpha value is -3.56. The lowest BCUT2D eigenvalue weighted by molar-refractivity contribution is -0.136. The van der Waals surface area contributed by atoms with Crippen LogP contribution in [0.2, 0.25) is 0 Å². The lowest BCUT2D eigenvalue weighted by Crippen LogP contribution is -2.00. The minimum atomic E-state index is -2.68. The van der Waals surface area contributed by atoms with Gasteiger partial charge in [0.1, 0.15) is 5.75 Å². The molecule has 160 valence electrons. The third-order valence-corrected chi connectivity index (χ3v) is 5.95. The average Bonchev–Trinajstić information content (AvgIpc) is 2.79. The molecule has 5 nitrogen and oxygen atoms in total. The lowest BCUT2D eigenvalue weighted by Gasteiger charge is -2.07. The van der Waals surface area contributed by atoms with Crippen LogP contribution in [0.5, 0.6) is 5.75 Å². The van der Waals surface area contributed by atoms with Crippen LogP contribution in [0.15, 0.2) is 93.7 Å². The first-order chi connectivity index (χ1) is 14.8. The highest BCUT2D eigenvalue weighted by molar-refractivity contribution is 7.93. The van der Waals surface area contributed by atoms with Crippen molar-refractivity contribution in [3.63, 3.8) is 0 Å². The predicted molar refractivity (Wildman–Crippen MR) is 125 cm³/mol. The van der Waals surface area contributed by atoms with E-state index in [0.29, 0.717) is 33.0 Å². The molecule has 6 heteroatoms. The number of carbonyl (C=O) groups excluding carboxylic acids is 1. The Bertz CT molecular complexity index is 1200. The van der Waals surface area contributed by atoms with Crippen molar-refractivity contribution in [1.29, 1.82) is 0 Å². The standard InChI is InChI=1S/C25H25NO4S/c1-6-20(12-11-19(2)25(27)30-4)13-14-21-9-7-8-10-24(21)26-31(5,28)23-17-15-22(29-3)16-18-23/h6-12,15-18H,1H2,2-5H3/b19-11+,20-12+. The highest BCUT2D eigenvalue weighted by Gasteiger charge is 2.08. The molecule has 0 saturated carbocycles. The van der Waals surface area contributed by atoms with Crippen molar-refractivity contribution in [1.82, 2.24) is 0 Å². The van der Waals surface area contributed by atoms with E-state index in [0.717, 1.165) is 0 Å². The number of hydrogen-bond acceptors (Lipinski definition) is 5. The summed E-state index contributed by atoms with van der Waals surface area (Å²) in [6.45, 7) is 5.41. The molecule has 1 unspecified atom stereocenters. The summed E-state index contributed by atoms with van der Waals surface area (Å²) in [5.41, 5.74) is 2.23. The Balaban J connectivity index is 2.42. The van der Waals surface area contributed by atoms with E-state index in [9.17, 15) is 9.00 Å². The van der Waals surface area contributed by atoms with E-state index in [1.54, 1.807) is 68.8 Å². The summed E-state index contributed by atoms with van der Waals surface area (Å²) in [4.78, 5) is 12.1. The molecule has 0 aliphatic heterocycles. The van der Waals surface area contributed by atoms with Crippen LogP contribution < -0.4 is 4.74 Å². The van der Waals surface area contributed by atoms with Gasteiger partial charge in [-0.25, -0.2) is 9.00 Å². The maximum Gasteiger partial charge on any atom is 0.333 e. The van der Waals surface area contributed by atoms with Crippen molar-refractivity contribution >= 4 is 21.4 Å². The molecule has 2 aromatic rings. The third-order valence-electron chi connectivity index (χ3n) is 4.26. The fourth-order valence-electron chi connectivity index (χ4n) is 2.47. The molecule has 31 heavy (non-hydrogen) atoms. The van der Waals surface area contributed by atoms with Gasteiger partial charge in [-0.3, -0.25) is 0 Å². The Morgan fingerprint density at radius 1 is 1.10 bits per heavy atom. The largest absolute Gasteiger partial charge is 0.497 e. The smallest absolute Gasteiger partial charge is 0.333 e. The summed E-state index contributed by atoms with van der Waals surface area (Å²) in [5, 5.41) is 0. The van der Waals surface area contributed by atoms with Crippen molar-refractivity contribution in [2.45, 2.75) is 11.8 Å². The number of allylic oxidation sites excluding steroid dienone is 4. The van der Waals surface area contributed by atoms with Crippen molar-refractivity contribution in [3.8, 4) is 17.6 Å². The van der Waals surface area contributed by atoms with Gasteiger partial charge in [0, 0.05) is 22.3 Å². The summed E-state index contributed by atoms with van der Waals surface area (Å²) in [5.74, 6) is 6.33. The number of nitrogens with zero attached hydrogens (tertiary/aromatic N) is 1. The van der Waals surface area contributed by atoms with Gasteiger partial charge >= 0.3 is 5.97 Å². The molecule has 0 spiro atoms. The molecule has 0 bridgehead atoms. The third kappa shape index (κ3) is 6.73. The quantitative estimate of drug-likeness (QED) is 0.275. The second-order valence-corrected chi connectivity index (χ2v) is 8.76. The molecule has 0 N–H and O–H groups in total. The van der Waals surface area contributed by atoms with Crippen LogP contribution in [-0.4, -0.2) is 30.7 Å². The van der Waals surface area contributed by atoms with E-state index < -0.39 is 15.7 Å². The van der Waals surface area contributed by atoms with Crippen molar-refractivity contribution in [3.05, 3.63) is 90.0 Å². The Kier molecular flexibility index (Phi) is 8.42. The first-order valence-electron chi connectivity index (χ1n) is 9.37. The number of hydrogen-bond donors (Lipinski definition) is 0. The lowest BCUT2D eigenvalue weighted by atomic mass is 10.1. The predicted octanol–water partition coefficient (Wildman–Crippen LogP) is 5.07. The van der Waals surface area contributed by atoms with Gasteiger partial charge in [0.15, 0.2) is 0 Å². The molecule has 0 heterocycles. The van der Waals surface area contributed by atoms with E-state index in [4.69, 9.17) is 4.74 Å². The van der Waals surface area contributed by atoms with Crippen molar-refractivity contribution < 1.29 is 18.5 Å². The van der Waals surface area contributed by atoms with E-state index >= 15 is 0 Å². The number of carbonyl (C=O) groups is 1. The maximum atomic E-state index is 13.2. The fraction of sp³-hybridized carbons (Fsp3) is 0.160. The van der Waals surface area contributed by atoms with Crippen LogP contribution in [0.3, 0.4) is 0 Å². The average molecular weight is 436 g/mol. The minimum Gasteiger partial charge on any atom is -0.497 e. The van der Waals surface area contributed by atoms with Gasteiger partial charge in [0.25, 0.3) is 0 Å². The molecular weight excluding hydrogens is 410 g/mol. The van der Waals surface area contributed by atoms with Crippen LogP contribution in [0.25, 0.3) is 0 Å². The zero-order chi connectivity index (χ0) is 22.9.